The molecule has 2 aromatic heterocycles. The van der Waals surface area contributed by atoms with Gasteiger partial charge in [-0.1, -0.05) is 11.6 Å². The standard InChI is InChI=1S/C9H8ClN3/c10-9-6-13(7-12-9)5-8-1-3-11-4-2-8/h1-4,6-7H,5H2. The van der Waals surface area contributed by atoms with Crippen LogP contribution in [0.1, 0.15) is 5.56 Å². The van der Waals surface area contributed by atoms with Crippen molar-refractivity contribution >= 4 is 11.6 Å². The molecule has 0 aromatic carbocycles. The largest absolute Gasteiger partial charge is 0.331 e. The number of hydrogen-bond donors (Lipinski definition) is 0. The van der Waals surface area contributed by atoms with Crippen molar-refractivity contribution in [3.8, 4) is 0 Å². The lowest BCUT2D eigenvalue weighted by atomic mass is 10.3. The minimum absolute atomic E-state index is 0.522. The molecule has 66 valence electrons. The Labute approximate surface area is 81.0 Å². The van der Waals surface area contributed by atoms with Crippen LogP contribution < -0.4 is 0 Å². The first kappa shape index (κ1) is 8.26. The molecule has 0 N–H and O–H groups in total. The van der Waals surface area contributed by atoms with Gasteiger partial charge in [0, 0.05) is 25.1 Å². The molecule has 0 aliphatic heterocycles. The maximum absolute atomic E-state index is 5.68. The molecular weight excluding hydrogens is 186 g/mol. The molecule has 0 atom stereocenters. The van der Waals surface area contributed by atoms with Crippen LogP contribution in [-0.4, -0.2) is 14.5 Å². The van der Waals surface area contributed by atoms with E-state index in [1.54, 1.807) is 24.9 Å². The van der Waals surface area contributed by atoms with E-state index in [0.29, 0.717) is 5.15 Å². The first-order valence-electron chi connectivity index (χ1n) is 3.91. The highest BCUT2D eigenvalue weighted by atomic mass is 35.5. The number of hydrogen-bond acceptors (Lipinski definition) is 2. The van der Waals surface area contributed by atoms with Gasteiger partial charge in [-0.2, -0.15) is 0 Å². The number of rotatable bonds is 2. The number of halogens is 1. The first-order chi connectivity index (χ1) is 6.34. The SMILES string of the molecule is Clc1cn(Cc2ccncc2)cn1. The summed E-state index contributed by atoms with van der Waals surface area (Å²) in [6, 6.07) is 3.93. The van der Waals surface area contributed by atoms with Gasteiger partial charge in [0.1, 0.15) is 5.15 Å². The molecule has 0 radical (unpaired) electrons. The van der Waals surface area contributed by atoms with Crippen LogP contribution in [-0.2, 0) is 6.54 Å². The van der Waals surface area contributed by atoms with Gasteiger partial charge in [-0.05, 0) is 17.7 Å². The van der Waals surface area contributed by atoms with Gasteiger partial charge in [0.05, 0.1) is 6.33 Å². The zero-order chi connectivity index (χ0) is 9.10. The Balaban J connectivity index is 2.15. The molecule has 0 spiro atoms. The van der Waals surface area contributed by atoms with Gasteiger partial charge in [0.25, 0.3) is 0 Å². The Morgan fingerprint density at radius 3 is 2.69 bits per heavy atom. The fraction of sp³-hybridized carbons (Fsp3) is 0.111. The second-order valence-corrected chi connectivity index (χ2v) is 3.11. The predicted octanol–water partition coefficient (Wildman–Crippen LogP) is 1.98. The monoisotopic (exact) mass is 193 g/mol. The molecule has 13 heavy (non-hydrogen) atoms. The highest BCUT2D eigenvalue weighted by molar-refractivity contribution is 6.29. The van der Waals surface area contributed by atoms with Crippen molar-refractivity contribution in [2.45, 2.75) is 6.54 Å². The molecule has 0 saturated carbocycles. The van der Waals surface area contributed by atoms with Gasteiger partial charge in [0.15, 0.2) is 0 Å². The average molecular weight is 194 g/mol. The average Bonchev–Trinajstić information content (AvgIpc) is 2.53. The van der Waals surface area contributed by atoms with E-state index < -0.39 is 0 Å². The van der Waals surface area contributed by atoms with Gasteiger partial charge in [0.2, 0.25) is 0 Å². The quantitative estimate of drug-likeness (QED) is 0.730. The molecule has 0 fully saturated rings. The van der Waals surface area contributed by atoms with Gasteiger partial charge >= 0.3 is 0 Å². The minimum Gasteiger partial charge on any atom is -0.331 e. The summed E-state index contributed by atoms with van der Waals surface area (Å²) >= 11 is 5.68. The molecule has 0 aliphatic carbocycles. The molecule has 0 amide bonds. The van der Waals surface area contributed by atoms with Crippen molar-refractivity contribution < 1.29 is 0 Å². The van der Waals surface area contributed by atoms with Crippen LogP contribution in [0.4, 0.5) is 0 Å². The van der Waals surface area contributed by atoms with Crippen LogP contribution >= 0.6 is 11.6 Å². The van der Waals surface area contributed by atoms with E-state index in [-0.39, 0.29) is 0 Å². The van der Waals surface area contributed by atoms with Crippen molar-refractivity contribution in [3.63, 3.8) is 0 Å². The van der Waals surface area contributed by atoms with E-state index in [4.69, 9.17) is 11.6 Å². The molecule has 0 unspecified atom stereocenters. The number of pyridine rings is 1. The predicted molar refractivity (Wildman–Crippen MR) is 50.6 cm³/mol. The Morgan fingerprint density at radius 1 is 1.31 bits per heavy atom. The summed E-state index contributed by atoms with van der Waals surface area (Å²) in [5, 5.41) is 0.522. The van der Waals surface area contributed by atoms with Crippen molar-refractivity contribution in [1.29, 1.82) is 0 Å². The minimum atomic E-state index is 0.522. The number of imidazole rings is 1. The molecule has 4 heteroatoms. The smallest absolute Gasteiger partial charge is 0.146 e. The molecule has 0 bridgehead atoms. The second kappa shape index (κ2) is 3.58. The van der Waals surface area contributed by atoms with E-state index in [9.17, 15) is 0 Å². The molecular formula is C9H8ClN3. The topological polar surface area (TPSA) is 30.7 Å². The third kappa shape index (κ3) is 2.06. The second-order valence-electron chi connectivity index (χ2n) is 2.72. The van der Waals surface area contributed by atoms with Gasteiger partial charge in [-0.15, -0.1) is 0 Å². The summed E-state index contributed by atoms with van der Waals surface area (Å²) in [7, 11) is 0. The van der Waals surface area contributed by atoms with E-state index >= 15 is 0 Å². The van der Waals surface area contributed by atoms with E-state index in [0.717, 1.165) is 6.54 Å². The fourth-order valence-electron chi connectivity index (χ4n) is 1.12. The van der Waals surface area contributed by atoms with Gasteiger partial charge in [-0.25, -0.2) is 4.98 Å². The highest BCUT2D eigenvalue weighted by Crippen LogP contribution is 2.05. The number of aromatic nitrogens is 3. The zero-order valence-electron chi connectivity index (χ0n) is 6.89. The van der Waals surface area contributed by atoms with Crippen LogP contribution in [0.15, 0.2) is 37.1 Å². The maximum Gasteiger partial charge on any atom is 0.146 e. The lowest BCUT2D eigenvalue weighted by molar-refractivity contribution is 0.796. The Kier molecular flexibility index (Phi) is 2.27. The van der Waals surface area contributed by atoms with Crippen LogP contribution in [0.5, 0.6) is 0 Å². The molecule has 0 aliphatic rings. The number of nitrogens with zero attached hydrogens (tertiary/aromatic N) is 3. The highest BCUT2D eigenvalue weighted by Gasteiger charge is 1.95. The summed E-state index contributed by atoms with van der Waals surface area (Å²) < 4.78 is 1.93. The van der Waals surface area contributed by atoms with Gasteiger partial charge in [-0.3, -0.25) is 4.98 Å². The zero-order valence-corrected chi connectivity index (χ0v) is 7.65. The van der Waals surface area contributed by atoms with Crippen molar-refractivity contribution in [2.75, 3.05) is 0 Å². The Hall–Kier alpha value is -1.35. The summed E-state index contributed by atoms with van der Waals surface area (Å²) in [6.07, 6.45) is 7.05. The van der Waals surface area contributed by atoms with Crippen LogP contribution in [0.2, 0.25) is 5.15 Å². The summed E-state index contributed by atoms with van der Waals surface area (Å²) in [5.74, 6) is 0. The van der Waals surface area contributed by atoms with Crippen LogP contribution in [0.25, 0.3) is 0 Å². The van der Waals surface area contributed by atoms with E-state index in [1.807, 2.05) is 16.7 Å². The normalized spacial score (nSPS) is 10.2. The van der Waals surface area contributed by atoms with Crippen LogP contribution in [0.3, 0.4) is 0 Å². The molecule has 2 rings (SSSR count). The fourth-order valence-corrected chi connectivity index (χ4v) is 1.29. The maximum atomic E-state index is 5.68. The molecule has 2 aromatic rings. The Morgan fingerprint density at radius 2 is 2.08 bits per heavy atom. The van der Waals surface area contributed by atoms with Crippen molar-refractivity contribution in [2.24, 2.45) is 0 Å². The third-order valence-corrected chi connectivity index (χ3v) is 1.91. The van der Waals surface area contributed by atoms with Gasteiger partial charge < -0.3 is 4.57 Å². The summed E-state index contributed by atoms with van der Waals surface area (Å²) in [4.78, 5) is 7.87. The van der Waals surface area contributed by atoms with E-state index in [2.05, 4.69) is 9.97 Å². The Bertz CT molecular complexity index is 383. The first-order valence-corrected chi connectivity index (χ1v) is 4.28. The molecule has 3 nitrogen and oxygen atoms in total. The third-order valence-electron chi connectivity index (χ3n) is 1.72. The van der Waals surface area contributed by atoms with Crippen molar-refractivity contribution in [3.05, 3.63) is 47.8 Å². The van der Waals surface area contributed by atoms with Crippen LogP contribution in [0, 0.1) is 0 Å². The summed E-state index contributed by atoms with van der Waals surface area (Å²) in [6.45, 7) is 0.780. The van der Waals surface area contributed by atoms with E-state index in [1.165, 1.54) is 5.56 Å². The lowest BCUT2D eigenvalue weighted by Crippen LogP contribution is -1.95. The van der Waals surface area contributed by atoms with Crippen molar-refractivity contribution in [1.82, 2.24) is 14.5 Å². The molecule has 2 heterocycles. The molecule has 0 saturated heterocycles. The lowest BCUT2D eigenvalue weighted by Gasteiger charge is -2.00. The summed E-state index contributed by atoms with van der Waals surface area (Å²) in [5.41, 5.74) is 1.18.